The molecule has 0 bridgehead atoms. The van der Waals surface area contributed by atoms with Gasteiger partial charge in [-0.05, 0) is 24.3 Å². The number of hydrogen-bond acceptors (Lipinski definition) is 6. The van der Waals surface area contributed by atoms with Crippen LogP contribution in [0.2, 0.25) is 5.02 Å². The predicted molar refractivity (Wildman–Crippen MR) is 99.2 cm³/mol. The van der Waals surface area contributed by atoms with Gasteiger partial charge in [-0.1, -0.05) is 11.6 Å². The number of rotatable bonds is 7. The lowest BCUT2D eigenvalue weighted by atomic mass is 10.2. The average molecular weight is 379 g/mol. The van der Waals surface area contributed by atoms with Gasteiger partial charge in [0, 0.05) is 17.2 Å². The van der Waals surface area contributed by atoms with Crippen molar-refractivity contribution in [3.8, 4) is 23.0 Å². The molecular weight excluding hydrogens is 360 g/mol. The molecule has 0 aliphatic rings. The summed E-state index contributed by atoms with van der Waals surface area (Å²) < 4.78 is 20.7. The van der Waals surface area contributed by atoms with Gasteiger partial charge in [0.2, 0.25) is 0 Å². The van der Waals surface area contributed by atoms with Gasteiger partial charge in [0.15, 0.2) is 23.0 Å². The minimum Gasteiger partial charge on any atom is -0.493 e. The Hall–Kier alpha value is -2.93. The lowest BCUT2D eigenvalue weighted by molar-refractivity contribution is 0.0954. The molecule has 0 heterocycles. The number of carbonyl (C=O) groups is 1. The third kappa shape index (κ3) is 4.37. The minimum absolute atomic E-state index is 0.373. The highest BCUT2D eigenvalue weighted by atomic mass is 35.5. The van der Waals surface area contributed by atoms with E-state index in [1.165, 1.54) is 34.7 Å². The molecule has 0 fully saturated rings. The smallest absolute Gasteiger partial charge is 0.271 e. The number of benzene rings is 2. The fraction of sp³-hybridized carbons (Fsp3) is 0.222. The maximum atomic E-state index is 12.2. The molecule has 2 aromatic carbocycles. The first-order chi connectivity index (χ1) is 12.5. The SMILES string of the molecule is COc1ccc(C(=O)N/N=C/c2cc(OC)c(OC)cc2Cl)cc1OC. The molecule has 2 aromatic rings. The number of ether oxygens (including phenoxy) is 4. The highest BCUT2D eigenvalue weighted by Crippen LogP contribution is 2.32. The Kier molecular flexibility index (Phi) is 6.68. The average Bonchev–Trinajstić information content (AvgIpc) is 2.67. The van der Waals surface area contributed by atoms with Crippen LogP contribution in [0, 0.1) is 0 Å². The van der Waals surface area contributed by atoms with E-state index in [1.807, 2.05) is 0 Å². The van der Waals surface area contributed by atoms with Crippen LogP contribution in [-0.4, -0.2) is 40.6 Å². The zero-order valence-electron chi connectivity index (χ0n) is 14.8. The summed E-state index contributed by atoms with van der Waals surface area (Å²) in [4.78, 5) is 12.2. The highest BCUT2D eigenvalue weighted by molar-refractivity contribution is 6.33. The van der Waals surface area contributed by atoms with Crippen LogP contribution in [-0.2, 0) is 0 Å². The van der Waals surface area contributed by atoms with E-state index in [1.54, 1.807) is 30.3 Å². The van der Waals surface area contributed by atoms with Crippen molar-refractivity contribution >= 4 is 23.7 Å². The van der Waals surface area contributed by atoms with Gasteiger partial charge in [0.25, 0.3) is 5.91 Å². The molecule has 0 aliphatic carbocycles. The number of carbonyl (C=O) groups excluding carboxylic acids is 1. The molecule has 0 radical (unpaired) electrons. The molecule has 0 atom stereocenters. The summed E-state index contributed by atoms with van der Waals surface area (Å²) in [5.41, 5.74) is 3.37. The molecular formula is C18H19ClN2O5. The number of nitrogens with zero attached hydrogens (tertiary/aromatic N) is 1. The molecule has 26 heavy (non-hydrogen) atoms. The van der Waals surface area contributed by atoms with Crippen LogP contribution >= 0.6 is 11.6 Å². The second-order valence-electron chi connectivity index (χ2n) is 5.00. The maximum absolute atomic E-state index is 12.2. The zero-order chi connectivity index (χ0) is 19.1. The van der Waals surface area contributed by atoms with E-state index in [0.717, 1.165) is 0 Å². The second-order valence-corrected chi connectivity index (χ2v) is 5.40. The monoisotopic (exact) mass is 378 g/mol. The van der Waals surface area contributed by atoms with Crippen LogP contribution in [0.5, 0.6) is 23.0 Å². The Bertz CT molecular complexity index is 823. The lowest BCUT2D eigenvalue weighted by Crippen LogP contribution is -2.17. The van der Waals surface area contributed by atoms with Gasteiger partial charge >= 0.3 is 0 Å². The van der Waals surface area contributed by atoms with Crippen molar-refractivity contribution in [2.45, 2.75) is 0 Å². The van der Waals surface area contributed by atoms with E-state index in [-0.39, 0.29) is 0 Å². The summed E-state index contributed by atoms with van der Waals surface area (Å²) in [6.07, 6.45) is 1.42. The van der Waals surface area contributed by atoms with Gasteiger partial charge in [0.1, 0.15) is 0 Å². The summed E-state index contributed by atoms with van der Waals surface area (Å²) in [5, 5.41) is 4.34. The number of hydrazone groups is 1. The van der Waals surface area contributed by atoms with Crippen molar-refractivity contribution in [3.63, 3.8) is 0 Å². The fourth-order valence-corrected chi connectivity index (χ4v) is 2.37. The molecule has 0 unspecified atom stereocenters. The van der Waals surface area contributed by atoms with Gasteiger partial charge in [-0.25, -0.2) is 5.43 Å². The summed E-state index contributed by atoms with van der Waals surface area (Å²) in [5.74, 6) is 1.59. The number of methoxy groups -OCH3 is 4. The van der Waals surface area contributed by atoms with E-state index in [9.17, 15) is 4.79 Å². The van der Waals surface area contributed by atoms with Gasteiger partial charge in [0.05, 0.1) is 39.7 Å². The largest absolute Gasteiger partial charge is 0.493 e. The molecule has 8 heteroatoms. The Morgan fingerprint density at radius 1 is 0.923 bits per heavy atom. The van der Waals surface area contributed by atoms with Crippen LogP contribution in [0.15, 0.2) is 35.4 Å². The predicted octanol–water partition coefficient (Wildman–Crippen LogP) is 3.14. The van der Waals surface area contributed by atoms with Crippen molar-refractivity contribution in [1.82, 2.24) is 5.43 Å². The van der Waals surface area contributed by atoms with Crippen molar-refractivity contribution in [3.05, 3.63) is 46.5 Å². The Morgan fingerprint density at radius 3 is 2.12 bits per heavy atom. The van der Waals surface area contributed by atoms with Crippen molar-refractivity contribution in [1.29, 1.82) is 0 Å². The Labute approximate surface area is 156 Å². The molecule has 0 spiro atoms. The first kappa shape index (κ1) is 19.4. The van der Waals surface area contributed by atoms with E-state index in [4.69, 9.17) is 30.5 Å². The normalized spacial score (nSPS) is 10.5. The molecule has 1 amide bonds. The van der Waals surface area contributed by atoms with Crippen molar-refractivity contribution in [2.24, 2.45) is 5.10 Å². The van der Waals surface area contributed by atoms with Gasteiger partial charge < -0.3 is 18.9 Å². The first-order valence-corrected chi connectivity index (χ1v) is 7.88. The van der Waals surface area contributed by atoms with Crippen LogP contribution in [0.4, 0.5) is 0 Å². The molecule has 0 aliphatic heterocycles. The molecule has 0 aromatic heterocycles. The summed E-state index contributed by atoms with van der Waals surface area (Å²) >= 11 is 6.17. The second kappa shape index (κ2) is 8.96. The maximum Gasteiger partial charge on any atom is 0.271 e. The molecule has 1 N–H and O–H groups in total. The zero-order valence-corrected chi connectivity index (χ0v) is 15.6. The van der Waals surface area contributed by atoms with Crippen LogP contribution in [0.25, 0.3) is 0 Å². The topological polar surface area (TPSA) is 78.4 Å². The van der Waals surface area contributed by atoms with Gasteiger partial charge in [-0.2, -0.15) is 5.10 Å². The number of halogens is 1. The number of amides is 1. The molecule has 0 saturated heterocycles. The first-order valence-electron chi connectivity index (χ1n) is 7.51. The lowest BCUT2D eigenvalue weighted by Gasteiger charge is -2.09. The quantitative estimate of drug-likeness (QED) is 0.591. The van der Waals surface area contributed by atoms with Crippen LogP contribution in [0.1, 0.15) is 15.9 Å². The summed E-state index contributed by atoms with van der Waals surface area (Å²) in [6, 6.07) is 8.08. The van der Waals surface area contributed by atoms with E-state index >= 15 is 0 Å². The summed E-state index contributed by atoms with van der Waals surface area (Å²) in [6.45, 7) is 0. The van der Waals surface area contributed by atoms with Crippen molar-refractivity contribution < 1.29 is 23.7 Å². The Morgan fingerprint density at radius 2 is 1.50 bits per heavy atom. The number of nitrogens with one attached hydrogen (secondary N) is 1. The third-order valence-corrected chi connectivity index (χ3v) is 3.85. The highest BCUT2D eigenvalue weighted by Gasteiger charge is 2.11. The van der Waals surface area contributed by atoms with E-state index in [2.05, 4.69) is 10.5 Å². The molecule has 2 rings (SSSR count). The van der Waals surface area contributed by atoms with Gasteiger partial charge in [-0.3, -0.25) is 4.79 Å². The molecule has 138 valence electrons. The standard InChI is InChI=1S/C18H19ClN2O5/c1-23-14-6-5-11(7-15(14)24-2)18(22)21-20-10-12-8-16(25-3)17(26-4)9-13(12)19/h5-10H,1-4H3,(H,21,22)/b20-10+. The fourth-order valence-electron chi connectivity index (χ4n) is 2.17. The third-order valence-electron chi connectivity index (χ3n) is 3.52. The summed E-state index contributed by atoms with van der Waals surface area (Å²) in [7, 11) is 6.06. The van der Waals surface area contributed by atoms with Gasteiger partial charge in [-0.15, -0.1) is 0 Å². The van der Waals surface area contributed by atoms with E-state index < -0.39 is 5.91 Å². The molecule has 7 nitrogen and oxygen atoms in total. The number of hydrogen-bond donors (Lipinski definition) is 1. The van der Waals surface area contributed by atoms with E-state index in [0.29, 0.717) is 39.1 Å². The molecule has 0 saturated carbocycles. The Balaban J connectivity index is 2.14. The minimum atomic E-state index is -0.404. The van der Waals surface area contributed by atoms with Crippen LogP contribution < -0.4 is 24.4 Å². The van der Waals surface area contributed by atoms with Crippen molar-refractivity contribution in [2.75, 3.05) is 28.4 Å². The van der Waals surface area contributed by atoms with Crippen LogP contribution in [0.3, 0.4) is 0 Å².